The zero-order chi connectivity index (χ0) is 21.8. The van der Waals surface area contributed by atoms with Gasteiger partial charge in [-0.2, -0.15) is 0 Å². The highest BCUT2D eigenvalue weighted by Gasteiger charge is 2.35. The molecule has 1 saturated heterocycles. The molecule has 1 heterocycles. The molecule has 1 aliphatic heterocycles. The highest BCUT2D eigenvalue weighted by atomic mass is 32.2. The summed E-state index contributed by atoms with van der Waals surface area (Å²) in [7, 11) is 0. The second-order valence-electron chi connectivity index (χ2n) is 7.37. The van der Waals surface area contributed by atoms with E-state index in [1.165, 1.54) is 12.1 Å². The normalized spacial score (nSPS) is 15.9. The molecule has 0 aromatic heterocycles. The lowest BCUT2D eigenvalue weighted by molar-refractivity contribution is -0.115. The van der Waals surface area contributed by atoms with Gasteiger partial charge in [0, 0.05) is 11.4 Å². The average molecular weight is 435 g/mol. The molecular weight excluding hydrogens is 411 g/mol. The fourth-order valence-corrected chi connectivity index (χ4v) is 4.93. The molecule has 1 aliphatic rings. The Bertz CT molecular complexity index is 1120. The first-order valence-corrected chi connectivity index (χ1v) is 11.3. The number of rotatable bonds is 6. The molecule has 1 unspecified atom stereocenters. The van der Waals surface area contributed by atoms with Crippen molar-refractivity contribution in [2.45, 2.75) is 25.1 Å². The fraction of sp³-hybridized carbons (Fsp3) is 0.200. The number of nitrogens with one attached hydrogen (secondary N) is 1. The van der Waals surface area contributed by atoms with Crippen LogP contribution >= 0.6 is 11.8 Å². The number of para-hydroxylation sites is 1. The number of halogens is 1. The molecule has 2 amide bonds. The minimum Gasteiger partial charge on any atom is -0.322 e. The molecule has 0 bridgehead atoms. The Morgan fingerprint density at radius 2 is 1.87 bits per heavy atom. The van der Waals surface area contributed by atoms with E-state index in [2.05, 4.69) is 18.3 Å². The molecule has 31 heavy (non-hydrogen) atoms. The van der Waals surface area contributed by atoms with E-state index < -0.39 is 11.7 Å². The van der Waals surface area contributed by atoms with Crippen molar-refractivity contribution >= 4 is 35.0 Å². The van der Waals surface area contributed by atoms with Crippen molar-refractivity contribution < 1.29 is 14.0 Å². The summed E-state index contributed by atoms with van der Waals surface area (Å²) in [4.78, 5) is 27.1. The van der Waals surface area contributed by atoms with E-state index in [-0.39, 0.29) is 16.8 Å². The van der Waals surface area contributed by atoms with E-state index in [0.717, 1.165) is 29.7 Å². The number of amides is 2. The Kier molecular flexibility index (Phi) is 6.37. The molecule has 3 aromatic carbocycles. The predicted octanol–water partition coefficient (Wildman–Crippen LogP) is 5.81. The van der Waals surface area contributed by atoms with Gasteiger partial charge in [0.25, 0.3) is 5.91 Å². The van der Waals surface area contributed by atoms with Gasteiger partial charge in [0.1, 0.15) is 11.2 Å². The highest BCUT2D eigenvalue weighted by Crippen LogP contribution is 2.43. The maximum atomic E-state index is 13.9. The van der Waals surface area contributed by atoms with Gasteiger partial charge in [-0.25, -0.2) is 4.39 Å². The second kappa shape index (κ2) is 9.35. The Balaban J connectivity index is 1.62. The van der Waals surface area contributed by atoms with Crippen LogP contribution in [0.25, 0.3) is 0 Å². The van der Waals surface area contributed by atoms with E-state index in [4.69, 9.17) is 0 Å². The average Bonchev–Trinajstić information content (AvgIpc) is 3.16. The van der Waals surface area contributed by atoms with Gasteiger partial charge in [0.05, 0.1) is 11.3 Å². The van der Waals surface area contributed by atoms with E-state index in [1.54, 1.807) is 30.0 Å². The molecule has 0 aliphatic carbocycles. The third-order valence-electron chi connectivity index (χ3n) is 5.19. The largest absolute Gasteiger partial charge is 0.322 e. The number of hydrogen-bond acceptors (Lipinski definition) is 3. The van der Waals surface area contributed by atoms with Crippen LogP contribution in [0, 0.1) is 5.82 Å². The van der Waals surface area contributed by atoms with Gasteiger partial charge in [0.2, 0.25) is 5.91 Å². The van der Waals surface area contributed by atoms with Crippen LogP contribution in [0.2, 0.25) is 0 Å². The monoisotopic (exact) mass is 434 g/mol. The van der Waals surface area contributed by atoms with Crippen LogP contribution in [-0.2, 0) is 11.2 Å². The van der Waals surface area contributed by atoms with Crippen molar-refractivity contribution in [1.29, 1.82) is 0 Å². The molecule has 158 valence electrons. The Morgan fingerprint density at radius 3 is 2.68 bits per heavy atom. The number of anilines is 2. The Labute approximate surface area is 185 Å². The predicted molar refractivity (Wildman–Crippen MR) is 124 cm³/mol. The summed E-state index contributed by atoms with van der Waals surface area (Å²) in [6.45, 7) is 2.12. The van der Waals surface area contributed by atoms with Crippen LogP contribution in [0.4, 0.5) is 15.8 Å². The molecule has 0 radical (unpaired) electrons. The quantitative estimate of drug-likeness (QED) is 0.533. The zero-order valence-corrected chi connectivity index (χ0v) is 18.0. The highest BCUT2D eigenvalue weighted by molar-refractivity contribution is 8.00. The molecule has 0 spiro atoms. The summed E-state index contributed by atoms with van der Waals surface area (Å²) in [6, 6.07) is 21.3. The minimum atomic E-state index is -0.563. The molecule has 4 rings (SSSR count). The summed E-state index contributed by atoms with van der Waals surface area (Å²) in [6.07, 6.45) is 1.89. The lowest BCUT2D eigenvalue weighted by Gasteiger charge is -2.27. The Hall–Kier alpha value is -3.12. The molecule has 0 saturated carbocycles. The number of hydrogen-bond donors (Lipinski definition) is 1. The number of benzene rings is 3. The van der Waals surface area contributed by atoms with Crippen molar-refractivity contribution in [3.63, 3.8) is 0 Å². The van der Waals surface area contributed by atoms with Crippen LogP contribution in [0.5, 0.6) is 0 Å². The van der Waals surface area contributed by atoms with Gasteiger partial charge < -0.3 is 5.32 Å². The van der Waals surface area contributed by atoms with E-state index >= 15 is 0 Å². The van der Waals surface area contributed by atoms with Crippen LogP contribution in [0.3, 0.4) is 0 Å². The Morgan fingerprint density at radius 1 is 1.10 bits per heavy atom. The van der Waals surface area contributed by atoms with Gasteiger partial charge >= 0.3 is 0 Å². The number of thioether (sulfide) groups is 1. The molecule has 6 heteroatoms. The van der Waals surface area contributed by atoms with Crippen LogP contribution in [0.15, 0.2) is 72.8 Å². The second-order valence-corrected chi connectivity index (χ2v) is 8.43. The SMILES string of the molecule is CCCc1ccccc1N1C(=O)CSC1c1cccc(NC(=O)c2ccccc2F)c1. The van der Waals surface area contributed by atoms with Crippen molar-refractivity contribution in [2.75, 3.05) is 16.0 Å². The third-order valence-corrected chi connectivity index (χ3v) is 6.40. The van der Waals surface area contributed by atoms with Gasteiger partial charge in [-0.1, -0.05) is 55.8 Å². The van der Waals surface area contributed by atoms with Gasteiger partial charge in [0.15, 0.2) is 0 Å². The first kappa shape index (κ1) is 21.1. The van der Waals surface area contributed by atoms with Crippen molar-refractivity contribution in [2.24, 2.45) is 0 Å². The lowest BCUT2D eigenvalue weighted by Crippen LogP contribution is -2.28. The topological polar surface area (TPSA) is 49.4 Å². The summed E-state index contributed by atoms with van der Waals surface area (Å²) >= 11 is 1.56. The molecule has 4 nitrogen and oxygen atoms in total. The number of carbonyl (C=O) groups is 2. The summed E-state index contributed by atoms with van der Waals surface area (Å²) < 4.78 is 13.9. The smallest absolute Gasteiger partial charge is 0.258 e. The molecule has 3 aromatic rings. The third kappa shape index (κ3) is 4.49. The van der Waals surface area contributed by atoms with E-state index in [1.807, 2.05) is 41.3 Å². The van der Waals surface area contributed by atoms with Crippen molar-refractivity contribution in [3.8, 4) is 0 Å². The van der Waals surface area contributed by atoms with Gasteiger partial charge in [-0.15, -0.1) is 11.8 Å². The van der Waals surface area contributed by atoms with E-state index in [0.29, 0.717) is 11.4 Å². The van der Waals surface area contributed by atoms with E-state index in [9.17, 15) is 14.0 Å². The van der Waals surface area contributed by atoms with Crippen LogP contribution in [-0.4, -0.2) is 17.6 Å². The summed E-state index contributed by atoms with van der Waals surface area (Å²) in [5.74, 6) is -0.599. The number of carbonyl (C=O) groups excluding carboxylic acids is 2. The van der Waals surface area contributed by atoms with Gasteiger partial charge in [-0.3, -0.25) is 14.5 Å². The van der Waals surface area contributed by atoms with Gasteiger partial charge in [-0.05, 0) is 47.9 Å². The maximum Gasteiger partial charge on any atom is 0.258 e. The standard InChI is InChI=1S/C25H23FN2O2S/c1-2-8-17-9-3-6-14-22(17)28-23(29)16-31-25(28)18-10-7-11-19(15-18)27-24(30)20-12-4-5-13-21(20)26/h3-7,9-15,25H,2,8,16H2,1H3,(H,27,30). The number of nitrogens with zero attached hydrogens (tertiary/aromatic N) is 1. The zero-order valence-electron chi connectivity index (χ0n) is 17.2. The lowest BCUT2D eigenvalue weighted by atomic mass is 10.1. The number of aryl methyl sites for hydroxylation is 1. The van der Waals surface area contributed by atoms with Crippen molar-refractivity contribution in [3.05, 3.63) is 95.3 Å². The van der Waals surface area contributed by atoms with Crippen LogP contribution in [0.1, 0.15) is 40.2 Å². The molecular formula is C25H23FN2O2S. The fourth-order valence-electron chi connectivity index (χ4n) is 3.77. The maximum absolute atomic E-state index is 13.9. The van der Waals surface area contributed by atoms with Crippen molar-refractivity contribution in [1.82, 2.24) is 0 Å². The summed E-state index contributed by atoms with van der Waals surface area (Å²) in [5, 5.41) is 2.58. The first-order chi connectivity index (χ1) is 15.1. The minimum absolute atomic E-state index is 0.00607. The molecule has 1 N–H and O–H groups in total. The summed E-state index contributed by atoms with van der Waals surface area (Å²) in [5.41, 5.74) is 3.55. The van der Waals surface area contributed by atoms with Crippen LogP contribution < -0.4 is 10.2 Å². The molecule has 1 fully saturated rings. The molecule has 1 atom stereocenters. The first-order valence-electron chi connectivity index (χ1n) is 10.3.